The Kier molecular flexibility index (Phi) is 3.98. The minimum absolute atomic E-state index is 0.101. The highest BCUT2D eigenvalue weighted by molar-refractivity contribution is 14.1. The topological polar surface area (TPSA) is 57.8 Å². The second kappa shape index (κ2) is 4.80. The van der Waals surface area contributed by atoms with Crippen LogP contribution in [0, 0.1) is 3.57 Å². The van der Waals surface area contributed by atoms with Gasteiger partial charge in [-0.2, -0.15) is 0 Å². The summed E-state index contributed by atoms with van der Waals surface area (Å²) in [5.74, 6) is 1.06. The van der Waals surface area contributed by atoms with Crippen LogP contribution in [0.25, 0.3) is 0 Å². The summed E-state index contributed by atoms with van der Waals surface area (Å²) in [6.45, 7) is 1.92. The summed E-state index contributed by atoms with van der Waals surface area (Å²) in [4.78, 5) is 17.6. The number of aromatic amines is 1. The van der Waals surface area contributed by atoms with Crippen LogP contribution in [-0.2, 0) is 0 Å². The molecule has 72 valence electrons. The first-order chi connectivity index (χ1) is 6.15. The lowest BCUT2D eigenvalue weighted by atomic mass is 10.4. The van der Waals surface area contributed by atoms with Crippen molar-refractivity contribution in [1.29, 1.82) is 0 Å². The first-order valence-electron chi connectivity index (χ1n) is 3.71. The SMILES string of the molecule is CC(CCl)Nc1nc[nH]c(=O)c1I. The number of aromatic nitrogens is 2. The van der Waals surface area contributed by atoms with Gasteiger partial charge in [0.2, 0.25) is 0 Å². The van der Waals surface area contributed by atoms with Gasteiger partial charge in [0, 0.05) is 11.9 Å². The molecule has 0 aliphatic rings. The number of rotatable bonds is 3. The molecule has 6 heteroatoms. The normalized spacial score (nSPS) is 12.5. The van der Waals surface area contributed by atoms with Gasteiger partial charge in [0.1, 0.15) is 9.39 Å². The fraction of sp³-hybridized carbons (Fsp3) is 0.429. The van der Waals surface area contributed by atoms with E-state index >= 15 is 0 Å². The predicted octanol–water partition coefficient (Wildman–Crippen LogP) is 1.41. The Balaban J connectivity index is 2.89. The maximum absolute atomic E-state index is 11.1. The molecule has 0 fully saturated rings. The fourth-order valence-electron chi connectivity index (χ4n) is 0.756. The molecule has 0 radical (unpaired) electrons. The van der Waals surface area contributed by atoms with Crippen molar-refractivity contribution in [2.24, 2.45) is 0 Å². The van der Waals surface area contributed by atoms with E-state index in [9.17, 15) is 4.79 Å². The van der Waals surface area contributed by atoms with Crippen LogP contribution in [0.3, 0.4) is 0 Å². The molecule has 2 N–H and O–H groups in total. The molecule has 0 aliphatic carbocycles. The first kappa shape index (κ1) is 10.8. The molecule has 0 aromatic carbocycles. The van der Waals surface area contributed by atoms with Gasteiger partial charge < -0.3 is 10.3 Å². The largest absolute Gasteiger partial charge is 0.365 e. The highest BCUT2D eigenvalue weighted by Gasteiger charge is 2.07. The molecule has 0 spiro atoms. The third-order valence-corrected chi connectivity index (χ3v) is 2.87. The van der Waals surface area contributed by atoms with E-state index in [0.29, 0.717) is 15.3 Å². The van der Waals surface area contributed by atoms with Crippen LogP contribution in [0.1, 0.15) is 6.92 Å². The number of alkyl halides is 1. The van der Waals surface area contributed by atoms with Crippen LogP contribution < -0.4 is 10.9 Å². The van der Waals surface area contributed by atoms with E-state index in [1.807, 2.05) is 29.5 Å². The van der Waals surface area contributed by atoms with Crippen molar-refractivity contribution in [3.8, 4) is 0 Å². The Morgan fingerprint density at radius 3 is 3.15 bits per heavy atom. The smallest absolute Gasteiger partial charge is 0.266 e. The summed E-state index contributed by atoms with van der Waals surface area (Å²) >= 11 is 7.56. The molecule has 4 nitrogen and oxygen atoms in total. The lowest BCUT2D eigenvalue weighted by molar-refractivity contribution is 0.888. The van der Waals surface area contributed by atoms with Gasteiger partial charge in [-0.1, -0.05) is 0 Å². The maximum atomic E-state index is 11.1. The summed E-state index contributed by atoms with van der Waals surface area (Å²) in [6.07, 6.45) is 1.37. The average Bonchev–Trinajstić information content (AvgIpc) is 2.13. The molecule has 0 saturated heterocycles. The third kappa shape index (κ3) is 2.84. The van der Waals surface area contributed by atoms with E-state index in [4.69, 9.17) is 11.6 Å². The molecule has 1 atom stereocenters. The highest BCUT2D eigenvalue weighted by Crippen LogP contribution is 2.10. The Morgan fingerprint density at radius 2 is 2.54 bits per heavy atom. The molecular formula is C7H9ClIN3O. The van der Waals surface area contributed by atoms with Crippen molar-refractivity contribution in [2.75, 3.05) is 11.2 Å². The summed E-state index contributed by atoms with van der Waals surface area (Å²) in [5, 5.41) is 3.03. The van der Waals surface area contributed by atoms with Crippen molar-refractivity contribution in [2.45, 2.75) is 13.0 Å². The van der Waals surface area contributed by atoms with Gasteiger partial charge in [-0.15, -0.1) is 11.6 Å². The third-order valence-electron chi connectivity index (χ3n) is 1.41. The predicted molar refractivity (Wildman–Crippen MR) is 61.4 cm³/mol. The molecule has 1 aromatic rings. The van der Waals surface area contributed by atoms with Gasteiger partial charge in [0.15, 0.2) is 0 Å². The zero-order valence-corrected chi connectivity index (χ0v) is 9.89. The Hall–Kier alpha value is -0.300. The van der Waals surface area contributed by atoms with E-state index in [1.54, 1.807) is 0 Å². The highest BCUT2D eigenvalue weighted by atomic mass is 127. The van der Waals surface area contributed by atoms with Crippen LogP contribution in [0.15, 0.2) is 11.1 Å². The average molecular weight is 314 g/mol. The van der Waals surface area contributed by atoms with E-state index in [1.165, 1.54) is 6.33 Å². The molecule has 0 amide bonds. The number of nitrogens with one attached hydrogen (secondary N) is 2. The zero-order valence-electron chi connectivity index (χ0n) is 6.97. The molecule has 1 heterocycles. The van der Waals surface area contributed by atoms with E-state index in [2.05, 4.69) is 15.3 Å². The second-order valence-electron chi connectivity index (χ2n) is 2.59. The number of nitrogens with zero attached hydrogens (tertiary/aromatic N) is 1. The summed E-state index contributed by atoms with van der Waals surface area (Å²) in [7, 11) is 0. The molecule has 1 aromatic heterocycles. The number of hydrogen-bond donors (Lipinski definition) is 2. The molecular weight excluding hydrogens is 304 g/mol. The van der Waals surface area contributed by atoms with Crippen LogP contribution in [0.2, 0.25) is 0 Å². The monoisotopic (exact) mass is 313 g/mol. The second-order valence-corrected chi connectivity index (χ2v) is 3.98. The van der Waals surface area contributed by atoms with Crippen molar-refractivity contribution in [3.05, 3.63) is 20.3 Å². The molecule has 13 heavy (non-hydrogen) atoms. The van der Waals surface area contributed by atoms with Crippen LogP contribution in [-0.4, -0.2) is 21.9 Å². The minimum atomic E-state index is -0.139. The number of H-pyrrole nitrogens is 1. The molecule has 1 rings (SSSR count). The van der Waals surface area contributed by atoms with Crippen LogP contribution in [0.5, 0.6) is 0 Å². The van der Waals surface area contributed by atoms with Gasteiger partial charge in [-0.25, -0.2) is 4.98 Å². The minimum Gasteiger partial charge on any atom is -0.365 e. The van der Waals surface area contributed by atoms with Gasteiger partial charge in [-0.05, 0) is 29.5 Å². The zero-order chi connectivity index (χ0) is 9.84. The molecule has 0 aliphatic heterocycles. The number of anilines is 1. The quantitative estimate of drug-likeness (QED) is 0.655. The van der Waals surface area contributed by atoms with Crippen molar-refractivity contribution in [3.63, 3.8) is 0 Å². The number of halogens is 2. The van der Waals surface area contributed by atoms with Crippen molar-refractivity contribution in [1.82, 2.24) is 9.97 Å². The summed E-state index contributed by atoms with van der Waals surface area (Å²) in [5.41, 5.74) is -0.139. The lowest BCUT2D eigenvalue weighted by Gasteiger charge is -2.11. The molecule has 1 unspecified atom stereocenters. The first-order valence-corrected chi connectivity index (χ1v) is 5.32. The van der Waals surface area contributed by atoms with Gasteiger partial charge in [-0.3, -0.25) is 4.79 Å². The van der Waals surface area contributed by atoms with Crippen molar-refractivity contribution >= 4 is 40.0 Å². The van der Waals surface area contributed by atoms with Crippen LogP contribution in [0.4, 0.5) is 5.82 Å². The van der Waals surface area contributed by atoms with E-state index < -0.39 is 0 Å². The molecule has 0 bridgehead atoms. The Morgan fingerprint density at radius 1 is 1.85 bits per heavy atom. The van der Waals surface area contributed by atoms with Gasteiger partial charge >= 0.3 is 0 Å². The molecule has 0 saturated carbocycles. The standard InChI is InChI=1S/C7H9ClIN3O/c1-4(2-8)12-6-5(9)7(13)11-3-10-6/h3-4H,2H2,1H3,(H2,10,11,12,13). The van der Waals surface area contributed by atoms with Gasteiger partial charge in [0.25, 0.3) is 5.56 Å². The van der Waals surface area contributed by atoms with E-state index in [-0.39, 0.29) is 11.6 Å². The lowest BCUT2D eigenvalue weighted by Crippen LogP contribution is -2.22. The summed E-state index contributed by atoms with van der Waals surface area (Å²) < 4.78 is 0.553. The Labute approximate surface area is 94.2 Å². The summed E-state index contributed by atoms with van der Waals surface area (Å²) in [6, 6.07) is 0.101. The van der Waals surface area contributed by atoms with Crippen molar-refractivity contribution < 1.29 is 0 Å². The Bertz CT molecular complexity index is 341. The fourth-order valence-corrected chi connectivity index (χ4v) is 1.28. The van der Waals surface area contributed by atoms with Crippen LogP contribution >= 0.6 is 34.2 Å². The van der Waals surface area contributed by atoms with Gasteiger partial charge in [0.05, 0.1) is 6.33 Å². The van der Waals surface area contributed by atoms with E-state index in [0.717, 1.165) is 0 Å². The maximum Gasteiger partial charge on any atom is 0.266 e. The number of hydrogen-bond acceptors (Lipinski definition) is 3.